The lowest BCUT2D eigenvalue weighted by atomic mass is 10.2. The van der Waals surface area contributed by atoms with Crippen LogP contribution in [0.15, 0.2) is 17.3 Å². The van der Waals surface area contributed by atoms with Crippen molar-refractivity contribution in [1.29, 1.82) is 0 Å². The number of pyridine rings is 1. The van der Waals surface area contributed by atoms with Crippen molar-refractivity contribution in [2.24, 2.45) is 0 Å². The Bertz CT molecular complexity index is 451. The summed E-state index contributed by atoms with van der Waals surface area (Å²) in [5, 5.41) is 0.512. The molecule has 0 atom stereocenters. The Balaban J connectivity index is 2.73. The van der Waals surface area contributed by atoms with Gasteiger partial charge in [0.1, 0.15) is 0 Å². The molecule has 0 aliphatic rings. The van der Waals surface area contributed by atoms with Gasteiger partial charge in [-0.1, -0.05) is 11.8 Å². The van der Waals surface area contributed by atoms with Crippen LogP contribution in [0, 0.1) is 0 Å². The quantitative estimate of drug-likeness (QED) is 0.632. The molecular weight excluding hydrogens is 256 g/mol. The normalized spacial score (nSPS) is 9.89. The van der Waals surface area contributed by atoms with E-state index >= 15 is 0 Å². The highest BCUT2D eigenvalue weighted by Gasteiger charge is 2.12. The molecule has 0 spiro atoms. The Hall–Kier alpha value is -1.76. The molecule has 0 radical (unpaired) electrons. The second kappa shape index (κ2) is 6.85. The monoisotopic (exact) mass is 270 g/mol. The number of hydrogen-bond donors (Lipinski definition) is 1. The molecule has 0 saturated heterocycles. The van der Waals surface area contributed by atoms with Crippen LogP contribution in [0.4, 0.5) is 5.69 Å². The molecule has 1 aromatic rings. The third-order valence-electron chi connectivity index (χ3n) is 1.96. The summed E-state index contributed by atoms with van der Waals surface area (Å²) >= 11 is 1.17. The number of anilines is 1. The second-order valence-corrected chi connectivity index (χ2v) is 4.19. The van der Waals surface area contributed by atoms with E-state index in [-0.39, 0.29) is 23.0 Å². The van der Waals surface area contributed by atoms with Crippen LogP contribution in [-0.4, -0.2) is 36.4 Å². The number of hydrogen-bond acceptors (Lipinski definition) is 7. The zero-order valence-corrected chi connectivity index (χ0v) is 11.0. The van der Waals surface area contributed by atoms with Crippen LogP contribution in [0.2, 0.25) is 0 Å². The lowest BCUT2D eigenvalue weighted by Crippen LogP contribution is -2.08. The van der Waals surface area contributed by atoms with Crippen LogP contribution >= 0.6 is 11.8 Å². The number of nitrogens with zero attached hydrogens (tertiary/aromatic N) is 1. The van der Waals surface area contributed by atoms with Crippen LogP contribution in [-0.2, 0) is 14.3 Å². The first-order valence-electron chi connectivity index (χ1n) is 5.20. The highest BCUT2D eigenvalue weighted by atomic mass is 32.2. The van der Waals surface area contributed by atoms with Gasteiger partial charge in [-0.2, -0.15) is 0 Å². The van der Waals surface area contributed by atoms with Gasteiger partial charge < -0.3 is 15.2 Å². The molecule has 7 heteroatoms. The highest BCUT2D eigenvalue weighted by Crippen LogP contribution is 2.20. The van der Waals surface area contributed by atoms with Crippen LogP contribution < -0.4 is 5.73 Å². The molecule has 0 aromatic carbocycles. The summed E-state index contributed by atoms with van der Waals surface area (Å²) in [6.45, 7) is 2.07. The maximum Gasteiger partial charge on any atom is 0.340 e. The first kappa shape index (κ1) is 14.3. The van der Waals surface area contributed by atoms with Gasteiger partial charge in [-0.25, -0.2) is 9.78 Å². The zero-order chi connectivity index (χ0) is 13.5. The highest BCUT2D eigenvalue weighted by molar-refractivity contribution is 7.99. The Kier molecular flexibility index (Phi) is 5.44. The first-order chi connectivity index (χ1) is 8.58. The standard InChI is InChI=1S/C11H14N2O4S/c1-3-17-10(14)6-18-9-4-7(11(15)16-2)8(12)5-13-9/h4-5H,3,6,12H2,1-2H3. The number of carbonyl (C=O) groups excluding carboxylic acids is 2. The van der Waals surface area contributed by atoms with Gasteiger partial charge in [0.15, 0.2) is 0 Å². The van der Waals surface area contributed by atoms with E-state index in [1.807, 2.05) is 0 Å². The number of rotatable bonds is 5. The van der Waals surface area contributed by atoms with E-state index in [9.17, 15) is 9.59 Å². The molecule has 1 rings (SSSR count). The largest absolute Gasteiger partial charge is 0.465 e. The minimum atomic E-state index is -0.534. The SMILES string of the molecule is CCOC(=O)CSc1cc(C(=O)OC)c(N)cn1. The van der Waals surface area contributed by atoms with E-state index in [0.717, 1.165) is 0 Å². The van der Waals surface area contributed by atoms with Crippen molar-refractivity contribution in [2.45, 2.75) is 11.9 Å². The fourth-order valence-corrected chi connectivity index (χ4v) is 1.83. The number of esters is 2. The maximum absolute atomic E-state index is 11.4. The molecule has 1 heterocycles. The number of nitrogens with two attached hydrogens (primary N) is 1. The van der Waals surface area contributed by atoms with E-state index in [1.54, 1.807) is 6.92 Å². The van der Waals surface area contributed by atoms with Gasteiger partial charge in [-0.15, -0.1) is 0 Å². The molecule has 1 aromatic heterocycles. The van der Waals surface area contributed by atoms with Gasteiger partial charge in [0.2, 0.25) is 0 Å². The van der Waals surface area contributed by atoms with Crippen molar-refractivity contribution in [3.05, 3.63) is 17.8 Å². The third-order valence-corrected chi connectivity index (χ3v) is 2.86. The topological polar surface area (TPSA) is 91.5 Å². The van der Waals surface area contributed by atoms with Crippen molar-refractivity contribution in [1.82, 2.24) is 4.98 Å². The maximum atomic E-state index is 11.4. The predicted molar refractivity (Wildman–Crippen MR) is 67.3 cm³/mol. The minimum Gasteiger partial charge on any atom is -0.465 e. The van der Waals surface area contributed by atoms with E-state index in [4.69, 9.17) is 10.5 Å². The van der Waals surface area contributed by atoms with Gasteiger partial charge >= 0.3 is 11.9 Å². The summed E-state index contributed by atoms with van der Waals surface area (Å²) in [5.41, 5.74) is 6.08. The number of ether oxygens (including phenoxy) is 2. The van der Waals surface area contributed by atoms with Gasteiger partial charge in [0.05, 0.1) is 41.9 Å². The molecule has 0 saturated carbocycles. The molecular formula is C11H14N2O4S. The number of methoxy groups -OCH3 is 1. The smallest absolute Gasteiger partial charge is 0.340 e. The average molecular weight is 270 g/mol. The van der Waals surface area contributed by atoms with Gasteiger partial charge in [0, 0.05) is 0 Å². The predicted octanol–water partition coefficient (Wildman–Crippen LogP) is 1.11. The summed E-state index contributed by atoms with van der Waals surface area (Å²) in [7, 11) is 1.27. The molecule has 6 nitrogen and oxygen atoms in total. The summed E-state index contributed by atoms with van der Waals surface area (Å²) in [6, 6.07) is 1.49. The molecule has 98 valence electrons. The average Bonchev–Trinajstić information content (AvgIpc) is 2.37. The molecule has 0 amide bonds. The summed E-state index contributed by atoms with van der Waals surface area (Å²) < 4.78 is 9.37. The molecule has 0 unspecified atom stereocenters. The molecule has 2 N–H and O–H groups in total. The van der Waals surface area contributed by atoms with Crippen LogP contribution in [0.5, 0.6) is 0 Å². The lowest BCUT2D eigenvalue weighted by Gasteiger charge is -2.06. The summed E-state index contributed by atoms with van der Waals surface area (Å²) in [6.07, 6.45) is 1.36. The van der Waals surface area contributed by atoms with Crippen LogP contribution in [0.3, 0.4) is 0 Å². The lowest BCUT2D eigenvalue weighted by molar-refractivity contribution is -0.139. The summed E-state index contributed by atoms with van der Waals surface area (Å²) in [4.78, 5) is 26.6. The van der Waals surface area contributed by atoms with E-state index in [0.29, 0.717) is 11.6 Å². The molecule has 0 aliphatic carbocycles. The number of aromatic nitrogens is 1. The molecule has 18 heavy (non-hydrogen) atoms. The molecule has 0 bridgehead atoms. The van der Waals surface area contributed by atoms with Crippen molar-refractivity contribution >= 4 is 29.4 Å². The van der Waals surface area contributed by atoms with E-state index in [2.05, 4.69) is 9.72 Å². The fraction of sp³-hybridized carbons (Fsp3) is 0.364. The Morgan fingerprint density at radius 3 is 2.83 bits per heavy atom. The summed E-state index contributed by atoms with van der Waals surface area (Å²) in [5.74, 6) is -0.737. The third kappa shape index (κ3) is 3.92. The minimum absolute atomic E-state index is 0.130. The van der Waals surface area contributed by atoms with Crippen molar-refractivity contribution < 1.29 is 19.1 Å². The number of nitrogen functional groups attached to an aromatic ring is 1. The van der Waals surface area contributed by atoms with Crippen LogP contribution in [0.25, 0.3) is 0 Å². The molecule has 0 aliphatic heterocycles. The number of thioether (sulfide) groups is 1. The Morgan fingerprint density at radius 1 is 1.50 bits per heavy atom. The van der Waals surface area contributed by atoms with Crippen LogP contribution in [0.1, 0.15) is 17.3 Å². The van der Waals surface area contributed by atoms with Crippen molar-refractivity contribution in [3.63, 3.8) is 0 Å². The zero-order valence-electron chi connectivity index (χ0n) is 10.1. The van der Waals surface area contributed by atoms with Crippen molar-refractivity contribution in [3.8, 4) is 0 Å². The number of carbonyl (C=O) groups is 2. The van der Waals surface area contributed by atoms with E-state index < -0.39 is 5.97 Å². The van der Waals surface area contributed by atoms with Gasteiger partial charge in [-0.3, -0.25) is 4.79 Å². The van der Waals surface area contributed by atoms with E-state index in [1.165, 1.54) is 31.1 Å². The first-order valence-corrected chi connectivity index (χ1v) is 6.19. The fourth-order valence-electron chi connectivity index (χ4n) is 1.15. The molecule has 0 fully saturated rings. The second-order valence-electron chi connectivity index (χ2n) is 3.20. The van der Waals surface area contributed by atoms with Crippen molar-refractivity contribution in [2.75, 3.05) is 25.2 Å². The Morgan fingerprint density at radius 2 is 2.22 bits per heavy atom. The van der Waals surface area contributed by atoms with Gasteiger partial charge in [0.25, 0.3) is 0 Å². The Labute approximate surface area is 109 Å². The van der Waals surface area contributed by atoms with Gasteiger partial charge in [-0.05, 0) is 13.0 Å².